The number of carboxylic acid groups (broad SMARTS) is 2. The number of carboxylic acids is 2. The topological polar surface area (TPSA) is 228 Å². The fraction of sp³-hybridized carbons (Fsp3) is 0.706. The predicted molar refractivity (Wildman–Crippen MR) is 102 cm³/mol. The molecule has 13 heteroatoms. The van der Waals surface area contributed by atoms with Gasteiger partial charge in [-0.1, -0.05) is 13.8 Å². The van der Waals surface area contributed by atoms with Crippen molar-refractivity contribution in [3.05, 3.63) is 0 Å². The first-order valence-corrected chi connectivity index (χ1v) is 9.22. The molecule has 0 radical (unpaired) electrons. The molecule has 0 aromatic carbocycles. The minimum atomic E-state index is -1.69. The van der Waals surface area contributed by atoms with Crippen LogP contribution < -0.4 is 21.7 Å². The molecular formula is C17H30N4O9. The molecule has 0 bridgehead atoms. The summed E-state index contributed by atoms with van der Waals surface area (Å²) in [5.74, 6) is -5.80. The maximum absolute atomic E-state index is 12.5. The average Bonchev–Trinajstić information content (AvgIpc) is 2.65. The number of nitrogens with one attached hydrogen (secondary N) is 3. The monoisotopic (exact) mass is 434 g/mol. The Morgan fingerprint density at radius 2 is 1.37 bits per heavy atom. The number of hydrogen-bond donors (Lipinski definition) is 8. The van der Waals surface area contributed by atoms with Crippen LogP contribution in [-0.4, -0.2) is 87.0 Å². The average molecular weight is 434 g/mol. The minimum Gasteiger partial charge on any atom is -0.481 e. The molecule has 0 aliphatic heterocycles. The molecule has 5 unspecified atom stereocenters. The highest BCUT2D eigenvalue weighted by Crippen LogP contribution is 2.04. The van der Waals surface area contributed by atoms with Crippen molar-refractivity contribution in [3.8, 4) is 0 Å². The Morgan fingerprint density at radius 3 is 1.77 bits per heavy atom. The summed E-state index contributed by atoms with van der Waals surface area (Å²) >= 11 is 0. The maximum atomic E-state index is 12.5. The molecule has 5 atom stereocenters. The molecule has 9 N–H and O–H groups in total. The molecule has 0 fully saturated rings. The number of nitrogens with two attached hydrogens (primary N) is 1. The number of aliphatic carboxylic acids is 2. The van der Waals surface area contributed by atoms with E-state index in [1.807, 2.05) is 5.32 Å². The summed E-state index contributed by atoms with van der Waals surface area (Å²) in [5.41, 5.74) is 5.71. The van der Waals surface area contributed by atoms with Gasteiger partial charge in [0.25, 0.3) is 0 Å². The third-order valence-corrected chi connectivity index (χ3v) is 4.16. The molecule has 0 aliphatic carbocycles. The lowest BCUT2D eigenvalue weighted by Gasteiger charge is -2.25. The van der Waals surface area contributed by atoms with Crippen LogP contribution in [0.5, 0.6) is 0 Å². The number of rotatable bonds is 13. The maximum Gasteiger partial charge on any atom is 0.328 e. The van der Waals surface area contributed by atoms with E-state index >= 15 is 0 Å². The van der Waals surface area contributed by atoms with Crippen LogP contribution in [0.4, 0.5) is 0 Å². The van der Waals surface area contributed by atoms with Crippen LogP contribution in [0.15, 0.2) is 0 Å². The molecule has 0 heterocycles. The van der Waals surface area contributed by atoms with E-state index in [4.69, 9.17) is 15.9 Å². The Balaban J connectivity index is 5.30. The van der Waals surface area contributed by atoms with Crippen LogP contribution >= 0.6 is 0 Å². The quantitative estimate of drug-likeness (QED) is 0.144. The van der Waals surface area contributed by atoms with Crippen LogP contribution in [0.25, 0.3) is 0 Å². The molecule has 0 rings (SSSR count). The van der Waals surface area contributed by atoms with Gasteiger partial charge in [0.1, 0.15) is 12.1 Å². The van der Waals surface area contributed by atoms with Crippen molar-refractivity contribution in [2.24, 2.45) is 11.7 Å². The van der Waals surface area contributed by atoms with Gasteiger partial charge in [0.05, 0.1) is 18.8 Å². The zero-order chi connectivity index (χ0) is 23.6. The Labute approximate surface area is 173 Å². The Kier molecular flexibility index (Phi) is 11.5. The fourth-order valence-electron chi connectivity index (χ4n) is 2.22. The molecule has 0 spiro atoms. The zero-order valence-electron chi connectivity index (χ0n) is 17.0. The largest absolute Gasteiger partial charge is 0.481 e. The highest BCUT2D eigenvalue weighted by Gasteiger charge is 2.32. The second kappa shape index (κ2) is 12.7. The van der Waals surface area contributed by atoms with Crippen LogP contribution in [0.3, 0.4) is 0 Å². The van der Waals surface area contributed by atoms with E-state index in [1.54, 1.807) is 13.8 Å². The Bertz CT molecular complexity index is 639. The van der Waals surface area contributed by atoms with E-state index in [2.05, 4.69) is 10.6 Å². The van der Waals surface area contributed by atoms with Crippen molar-refractivity contribution in [1.82, 2.24) is 16.0 Å². The predicted octanol–water partition coefficient (Wildman–Crippen LogP) is -3.25. The summed E-state index contributed by atoms with van der Waals surface area (Å²) in [7, 11) is 0. The molecule has 0 aromatic rings. The van der Waals surface area contributed by atoms with Crippen LogP contribution in [-0.2, 0) is 24.0 Å². The molecular weight excluding hydrogens is 404 g/mol. The molecule has 13 nitrogen and oxygen atoms in total. The molecule has 0 saturated carbocycles. The normalized spacial score (nSPS) is 16.0. The summed E-state index contributed by atoms with van der Waals surface area (Å²) in [6.45, 7) is 3.54. The second-order valence-electron chi connectivity index (χ2n) is 7.07. The van der Waals surface area contributed by atoms with Gasteiger partial charge in [0.15, 0.2) is 6.04 Å². The van der Waals surface area contributed by atoms with Gasteiger partial charge in [-0.3, -0.25) is 19.2 Å². The summed E-state index contributed by atoms with van der Waals surface area (Å²) in [5, 5.41) is 43.0. The van der Waals surface area contributed by atoms with Crippen molar-refractivity contribution in [2.45, 2.75) is 63.9 Å². The van der Waals surface area contributed by atoms with Crippen molar-refractivity contribution in [3.63, 3.8) is 0 Å². The third-order valence-electron chi connectivity index (χ3n) is 4.16. The molecule has 0 saturated heterocycles. The highest BCUT2D eigenvalue weighted by molar-refractivity contribution is 5.94. The van der Waals surface area contributed by atoms with Crippen LogP contribution in [0.1, 0.15) is 33.6 Å². The van der Waals surface area contributed by atoms with E-state index in [0.29, 0.717) is 0 Å². The van der Waals surface area contributed by atoms with Crippen molar-refractivity contribution >= 4 is 29.7 Å². The SMILES string of the molecule is CC(C)C(N)C(=O)NC(CCC(=O)O)C(=O)NC(CO)C(=O)NC(C(=O)O)C(C)O. The molecule has 0 aromatic heterocycles. The number of carbonyl (C=O) groups is 5. The Hall–Kier alpha value is -2.77. The lowest BCUT2D eigenvalue weighted by Crippen LogP contribution is -2.59. The molecule has 0 aliphatic rings. The minimum absolute atomic E-state index is 0.266. The van der Waals surface area contributed by atoms with E-state index in [0.717, 1.165) is 6.92 Å². The van der Waals surface area contributed by atoms with Crippen molar-refractivity contribution in [1.29, 1.82) is 0 Å². The second-order valence-corrected chi connectivity index (χ2v) is 7.07. The number of aliphatic hydroxyl groups excluding tert-OH is 2. The van der Waals surface area contributed by atoms with E-state index in [1.165, 1.54) is 0 Å². The first kappa shape index (κ1) is 27.2. The summed E-state index contributed by atoms with van der Waals surface area (Å²) < 4.78 is 0. The van der Waals surface area contributed by atoms with Crippen molar-refractivity contribution < 1.29 is 44.4 Å². The number of amides is 3. The van der Waals surface area contributed by atoms with E-state index in [9.17, 15) is 34.2 Å². The van der Waals surface area contributed by atoms with Crippen LogP contribution in [0.2, 0.25) is 0 Å². The Morgan fingerprint density at radius 1 is 0.867 bits per heavy atom. The first-order valence-electron chi connectivity index (χ1n) is 9.22. The smallest absolute Gasteiger partial charge is 0.328 e. The molecule has 3 amide bonds. The van der Waals surface area contributed by atoms with Crippen molar-refractivity contribution in [2.75, 3.05) is 6.61 Å². The standard InChI is InChI=1S/C17H30N4O9/c1-7(2)12(18)16(28)19-9(4-5-11(24)25)14(26)20-10(6-22)15(27)21-13(8(3)23)17(29)30/h7-10,12-13,22-23H,4-6,18H2,1-3H3,(H,19,28)(H,20,26)(H,21,27)(H,24,25)(H,29,30). The number of hydrogen-bond acceptors (Lipinski definition) is 8. The molecule has 30 heavy (non-hydrogen) atoms. The van der Waals surface area contributed by atoms with Gasteiger partial charge in [-0.2, -0.15) is 0 Å². The lowest BCUT2D eigenvalue weighted by atomic mass is 10.0. The van der Waals surface area contributed by atoms with Gasteiger partial charge in [-0.25, -0.2) is 4.79 Å². The van der Waals surface area contributed by atoms with E-state index in [-0.39, 0.29) is 12.3 Å². The molecule has 172 valence electrons. The summed E-state index contributed by atoms with van der Waals surface area (Å²) in [4.78, 5) is 58.7. The third kappa shape index (κ3) is 9.15. The highest BCUT2D eigenvalue weighted by atomic mass is 16.4. The van der Waals surface area contributed by atoms with E-state index < -0.39 is 73.0 Å². The van der Waals surface area contributed by atoms with Gasteiger partial charge in [-0.05, 0) is 19.3 Å². The number of aliphatic hydroxyl groups is 2. The first-order chi connectivity index (χ1) is 13.8. The van der Waals surface area contributed by atoms with Gasteiger partial charge < -0.3 is 42.1 Å². The van der Waals surface area contributed by atoms with Gasteiger partial charge in [0, 0.05) is 6.42 Å². The van der Waals surface area contributed by atoms with Gasteiger partial charge in [-0.15, -0.1) is 0 Å². The van der Waals surface area contributed by atoms with Crippen LogP contribution in [0, 0.1) is 5.92 Å². The zero-order valence-corrected chi connectivity index (χ0v) is 17.0. The summed E-state index contributed by atoms with van der Waals surface area (Å²) in [6.07, 6.45) is -2.25. The lowest BCUT2D eigenvalue weighted by molar-refractivity contribution is -0.145. The fourth-order valence-corrected chi connectivity index (χ4v) is 2.22. The summed E-state index contributed by atoms with van der Waals surface area (Å²) in [6, 6.07) is -5.63. The van der Waals surface area contributed by atoms with Gasteiger partial charge >= 0.3 is 11.9 Å². The number of carbonyl (C=O) groups excluding carboxylic acids is 3. The van der Waals surface area contributed by atoms with Gasteiger partial charge in [0.2, 0.25) is 17.7 Å².